The third kappa shape index (κ3) is 3.43. The Labute approximate surface area is 211 Å². The second-order valence-corrected chi connectivity index (χ2v) is 12.0. The van der Waals surface area contributed by atoms with E-state index in [1.54, 1.807) is 18.0 Å². The highest BCUT2D eigenvalue weighted by molar-refractivity contribution is 5.92. The molecule has 2 amide bonds. The number of rotatable bonds is 3. The molecule has 2 aliphatic heterocycles. The second kappa shape index (κ2) is 8.38. The maximum atomic E-state index is 14.6. The third-order valence-corrected chi connectivity index (χ3v) is 10.4. The van der Waals surface area contributed by atoms with Gasteiger partial charge >= 0.3 is 0 Å². The van der Waals surface area contributed by atoms with Gasteiger partial charge in [-0.3, -0.25) is 9.59 Å². The summed E-state index contributed by atoms with van der Waals surface area (Å²) in [5.41, 5.74) is 0.482. The SMILES string of the molecule is CN1C(=O)C(F)=CC2(C)C3CCC4(C)C(C(=O)NCc5nc6c([nH]5)C=CCC=N6)CCC4C3CCC12. The number of nitrogens with one attached hydrogen (secondary N) is 2. The number of halogens is 1. The van der Waals surface area contributed by atoms with Crippen LogP contribution in [-0.2, 0) is 16.1 Å². The van der Waals surface area contributed by atoms with E-state index < -0.39 is 11.7 Å². The highest BCUT2D eigenvalue weighted by atomic mass is 19.1. The van der Waals surface area contributed by atoms with Crippen molar-refractivity contribution in [2.24, 2.45) is 39.5 Å². The van der Waals surface area contributed by atoms with Gasteiger partial charge in [-0.2, -0.15) is 0 Å². The summed E-state index contributed by atoms with van der Waals surface area (Å²) in [5, 5.41) is 3.15. The minimum absolute atomic E-state index is 0.0254. The molecule has 8 heteroatoms. The van der Waals surface area contributed by atoms with E-state index in [0.29, 0.717) is 30.1 Å². The van der Waals surface area contributed by atoms with E-state index in [0.717, 1.165) is 56.5 Å². The topological polar surface area (TPSA) is 90.5 Å². The minimum atomic E-state index is -0.606. The van der Waals surface area contributed by atoms with Gasteiger partial charge in [-0.1, -0.05) is 19.9 Å². The number of aromatic nitrogens is 2. The summed E-state index contributed by atoms with van der Waals surface area (Å²) < 4.78 is 14.6. The molecule has 7 atom stereocenters. The molecule has 0 radical (unpaired) electrons. The molecule has 3 heterocycles. The van der Waals surface area contributed by atoms with Crippen molar-refractivity contribution >= 4 is 29.9 Å². The highest BCUT2D eigenvalue weighted by Gasteiger charge is 2.62. The molecule has 3 aliphatic carbocycles. The largest absolute Gasteiger partial charge is 0.349 e. The molecule has 5 aliphatic rings. The first-order chi connectivity index (χ1) is 17.2. The summed E-state index contributed by atoms with van der Waals surface area (Å²) in [5.74, 6) is 1.63. The van der Waals surface area contributed by atoms with E-state index in [4.69, 9.17) is 0 Å². The Hall–Kier alpha value is -2.77. The first kappa shape index (κ1) is 23.6. The maximum Gasteiger partial charge on any atom is 0.282 e. The molecule has 3 fully saturated rings. The number of nitrogens with zero attached hydrogens (tertiary/aromatic N) is 3. The molecule has 7 unspecified atom stereocenters. The lowest BCUT2D eigenvalue weighted by Crippen LogP contribution is -2.60. The normalized spacial score (nSPS) is 39.0. The van der Waals surface area contributed by atoms with Crippen molar-refractivity contribution in [3.05, 3.63) is 29.5 Å². The number of aliphatic imine (C=N–C) groups is 1. The lowest BCUT2D eigenvalue weighted by molar-refractivity contribution is -0.145. The zero-order valence-electron chi connectivity index (χ0n) is 21.4. The van der Waals surface area contributed by atoms with E-state index in [-0.39, 0.29) is 28.7 Å². The van der Waals surface area contributed by atoms with Crippen LogP contribution in [0.1, 0.15) is 70.3 Å². The summed E-state index contributed by atoms with van der Waals surface area (Å²) in [6, 6.07) is 0.0539. The lowest BCUT2D eigenvalue weighted by atomic mass is 9.47. The summed E-state index contributed by atoms with van der Waals surface area (Å²) in [4.78, 5) is 39.6. The number of allylic oxidation sites excluding steroid dienone is 1. The molecular weight excluding hydrogens is 457 g/mol. The van der Waals surface area contributed by atoms with E-state index in [9.17, 15) is 14.0 Å². The Balaban J connectivity index is 1.17. The minimum Gasteiger partial charge on any atom is -0.349 e. The Morgan fingerprint density at radius 2 is 2.06 bits per heavy atom. The Morgan fingerprint density at radius 1 is 1.22 bits per heavy atom. The summed E-state index contributed by atoms with van der Waals surface area (Å²) in [6.45, 7) is 4.83. The predicted octanol–water partition coefficient (Wildman–Crippen LogP) is 4.70. The number of H-pyrrole nitrogens is 1. The first-order valence-corrected chi connectivity index (χ1v) is 13.4. The van der Waals surface area contributed by atoms with E-state index in [1.807, 2.05) is 18.4 Å². The van der Waals surface area contributed by atoms with Gasteiger partial charge < -0.3 is 15.2 Å². The van der Waals surface area contributed by atoms with E-state index >= 15 is 0 Å². The van der Waals surface area contributed by atoms with Gasteiger partial charge in [-0.15, -0.1) is 0 Å². The number of carbonyl (C=O) groups excluding carboxylic acids is 2. The van der Waals surface area contributed by atoms with Crippen molar-refractivity contribution in [3.63, 3.8) is 0 Å². The number of likely N-dealkylation sites (N-methyl/N-ethyl adjacent to an activating group) is 1. The molecule has 3 saturated carbocycles. The van der Waals surface area contributed by atoms with Gasteiger partial charge in [0.2, 0.25) is 5.91 Å². The molecule has 2 N–H and O–H groups in total. The van der Waals surface area contributed by atoms with Crippen LogP contribution in [0.5, 0.6) is 0 Å². The van der Waals surface area contributed by atoms with Crippen molar-refractivity contribution in [3.8, 4) is 0 Å². The number of hydrogen-bond donors (Lipinski definition) is 2. The zero-order chi connectivity index (χ0) is 25.2. The average molecular weight is 494 g/mol. The number of hydrogen-bond acceptors (Lipinski definition) is 4. The zero-order valence-corrected chi connectivity index (χ0v) is 21.4. The Bertz CT molecular complexity index is 1160. The van der Waals surface area contributed by atoms with Crippen LogP contribution in [-0.4, -0.2) is 46.0 Å². The molecule has 1 aromatic rings. The number of amides is 2. The van der Waals surface area contributed by atoms with Crippen LogP contribution in [0, 0.1) is 34.5 Å². The molecule has 0 spiro atoms. The molecular formula is C28H36FN5O2. The first-order valence-electron chi connectivity index (χ1n) is 13.4. The van der Waals surface area contributed by atoms with Gasteiger partial charge in [0.05, 0.1) is 12.2 Å². The van der Waals surface area contributed by atoms with Crippen LogP contribution in [0.2, 0.25) is 0 Å². The smallest absolute Gasteiger partial charge is 0.282 e. The van der Waals surface area contributed by atoms with Crippen LogP contribution >= 0.6 is 0 Å². The molecule has 6 rings (SSSR count). The quantitative estimate of drug-likeness (QED) is 0.640. The molecule has 0 aromatic carbocycles. The monoisotopic (exact) mass is 493 g/mol. The summed E-state index contributed by atoms with van der Waals surface area (Å²) in [6.07, 6.45) is 14.1. The fourth-order valence-electron chi connectivity index (χ4n) is 8.67. The van der Waals surface area contributed by atoms with Gasteiger partial charge in [0.25, 0.3) is 5.91 Å². The van der Waals surface area contributed by atoms with Crippen molar-refractivity contribution in [2.75, 3.05) is 7.05 Å². The lowest BCUT2D eigenvalue weighted by Gasteiger charge is -2.60. The van der Waals surface area contributed by atoms with Crippen molar-refractivity contribution in [1.29, 1.82) is 0 Å². The van der Waals surface area contributed by atoms with Gasteiger partial charge in [-0.25, -0.2) is 14.4 Å². The van der Waals surface area contributed by atoms with Crippen LogP contribution in [0.3, 0.4) is 0 Å². The maximum absolute atomic E-state index is 14.6. The van der Waals surface area contributed by atoms with Crippen LogP contribution in [0.4, 0.5) is 10.2 Å². The summed E-state index contributed by atoms with van der Waals surface area (Å²) in [7, 11) is 1.75. The highest BCUT2D eigenvalue weighted by Crippen LogP contribution is 2.65. The molecule has 1 aromatic heterocycles. The second-order valence-electron chi connectivity index (χ2n) is 12.0. The fourth-order valence-corrected chi connectivity index (χ4v) is 8.67. The number of aromatic amines is 1. The molecule has 0 bridgehead atoms. The van der Waals surface area contributed by atoms with E-state index in [1.165, 1.54) is 0 Å². The third-order valence-electron chi connectivity index (χ3n) is 10.4. The van der Waals surface area contributed by atoms with Gasteiger partial charge in [0.1, 0.15) is 5.82 Å². The van der Waals surface area contributed by atoms with Gasteiger partial charge in [0, 0.05) is 37.1 Å². The Kier molecular flexibility index (Phi) is 5.50. The van der Waals surface area contributed by atoms with Crippen LogP contribution in [0.25, 0.3) is 6.08 Å². The van der Waals surface area contributed by atoms with Gasteiger partial charge in [0.15, 0.2) is 11.6 Å². The number of fused-ring (bicyclic) bond motifs is 6. The fraction of sp³-hybridized carbons (Fsp3) is 0.643. The molecule has 192 valence electrons. The number of imidazole rings is 1. The average Bonchev–Trinajstić information content (AvgIpc) is 3.33. The van der Waals surface area contributed by atoms with Crippen LogP contribution < -0.4 is 5.32 Å². The van der Waals surface area contributed by atoms with Crippen molar-refractivity contribution in [1.82, 2.24) is 20.2 Å². The van der Waals surface area contributed by atoms with Gasteiger partial charge in [-0.05, 0) is 73.8 Å². The number of carbonyl (C=O) groups is 2. The predicted molar refractivity (Wildman–Crippen MR) is 136 cm³/mol. The standard InChI is InChI=1S/C28H36FN5O2/c1-27-12-11-18-16(7-10-22-28(18,2)14-20(29)26(36)34(22)3)17(27)8-9-19(27)25(35)31-15-23-32-21-6-4-5-13-30-24(21)33-23/h4,6,13-14,16-19,22H,5,7-12,15H2,1-3H3,(H,31,35)(H,32,33). The van der Waals surface area contributed by atoms with Crippen molar-refractivity contribution in [2.45, 2.75) is 71.4 Å². The molecule has 0 saturated heterocycles. The Morgan fingerprint density at radius 3 is 2.89 bits per heavy atom. The summed E-state index contributed by atoms with van der Waals surface area (Å²) >= 11 is 0. The van der Waals surface area contributed by atoms with E-state index in [2.05, 4.69) is 34.1 Å². The molecule has 7 nitrogen and oxygen atoms in total. The van der Waals surface area contributed by atoms with Crippen LogP contribution in [0.15, 0.2) is 23.0 Å². The molecule has 36 heavy (non-hydrogen) atoms. The van der Waals surface area contributed by atoms with Crippen molar-refractivity contribution < 1.29 is 14.0 Å².